The van der Waals surface area contributed by atoms with Gasteiger partial charge in [-0.15, -0.1) is 0 Å². The first-order valence-corrected chi connectivity index (χ1v) is 12.8. The average Bonchev–Trinajstić information content (AvgIpc) is 3.21. The smallest absolute Gasteiger partial charge is 0.273 e. The second-order valence-corrected chi connectivity index (χ2v) is 10.2. The number of nitrogens with zero attached hydrogens (tertiary/aromatic N) is 3. The standard InChI is InChI=1S/C27H24N6O3S/c1-18-13-25(33(2)31-18)27(35)30-23-6-4-5-19(15-23)7-8-20-14-21(17-29-16-20)26(34)32-37(3,36)24-11-9-22(28)10-12-24/h4-6,9-17H,3,28H2,1-2H3,(H,30,35)(H,32,34,36). The molecule has 1 atom stereocenters. The van der Waals surface area contributed by atoms with E-state index in [1.165, 1.54) is 17.1 Å². The number of hydrogen-bond acceptors (Lipinski definition) is 6. The molecular weight excluding hydrogens is 488 g/mol. The molecule has 2 amide bonds. The summed E-state index contributed by atoms with van der Waals surface area (Å²) in [6, 6.07) is 16.6. The first-order chi connectivity index (χ1) is 17.6. The van der Waals surface area contributed by atoms with Crippen LogP contribution in [0, 0.1) is 18.8 Å². The lowest BCUT2D eigenvalue weighted by atomic mass is 10.1. The van der Waals surface area contributed by atoms with Crippen molar-refractivity contribution in [2.75, 3.05) is 11.1 Å². The van der Waals surface area contributed by atoms with Crippen LogP contribution in [0.5, 0.6) is 0 Å². The summed E-state index contributed by atoms with van der Waals surface area (Å²) in [5.41, 5.74) is 9.27. The zero-order valence-corrected chi connectivity index (χ0v) is 21.0. The van der Waals surface area contributed by atoms with E-state index in [-0.39, 0.29) is 11.5 Å². The van der Waals surface area contributed by atoms with Gasteiger partial charge in [0.05, 0.1) is 21.0 Å². The highest BCUT2D eigenvalue weighted by Crippen LogP contribution is 2.14. The average molecular weight is 513 g/mol. The molecule has 1 unspecified atom stereocenters. The Kier molecular flexibility index (Phi) is 7.08. The molecule has 37 heavy (non-hydrogen) atoms. The lowest BCUT2D eigenvalue weighted by Gasteiger charge is -2.11. The van der Waals surface area contributed by atoms with Crippen molar-refractivity contribution in [2.45, 2.75) is 11.8 Å². The van der Waals surface area contributed by atoms with E-state index in [4.69, 9.17) is 5.73 Å². The Morgan fingerprint density at radius 1 is 1.00 bits per heavy atom. The van der Waals surface area contributed by atoms with Crippen molar-refractivity contribution in [3.8, 4) is 11.8 Å². The molecule has 0 radical (unpaired) electrons. The fourth-order valence-electron chi connectivity index (χ4n) is 3.43. The number of benzene rings is 2. The van der Waals surface area contributed by atoms with Crippen molar-refractivity contribution in [3.63, 3.8) is 0 Å². The molecule has 186 valence electrons. The third kappa shape index (κ3) is 6.22. The first-order valence-electron chi connectivity index (χ1n) is 11.0. The molecule has 0 saturated heterocycles. The van der Waals surface area contributed by atoms with Gasteiger partial charge < -0.3 is 11.1 Å². The van der Waals surface area contributed by atoms with Crippen LogP contribution in [0.2, 0.25) is 0 Å². The fraction of sp³-hybridized carbons (Fsp3) is 0.0741. The van der Waals surface area contributed by atoms with Gasteiger partial charge >= 0.3 is 0 Å². The Bertz CT molecular complexity index is 1660. The van der Waals surface area contributed by atoms with Crippen molar-refractivity contribution >= 4 is 38.8 Å². The van der Waals surface area contributed by atoms with Gasteiger partial charge in [0.25, 0.3) is 11.8 Å². The van der Waals surface area contributed by atoms with E-state index in [2.05, 4.69) is 37.8 Å². The monoisotopic (exact) mass is 512 g/mol. The molecule has 0 aliphatic heterocycles. The highest BCUT2D eigenvalue weighted by Gasteiger charge is 2.15. The number of aromatic nitrogens is 3. The molecule has 0 aliphatic carbocycles. The van der Waals surface area contributed by atoms with Gasteiger partial charge in [-0.05, 0) is 67.4 Å². The second kappa shape index (κ2) is 10.4. The zero-order valence-electron chi connectivity index (χ0n) is 20.2. The van der Waals surface area contributed by atoms with Gasteiger partial charge in [0.15, 0.2) is 0 Å². The number of aryl methyl sites for hydroxylation is 2. The van der Waals surface area contributed by atoms with Crippen LogP contribution in [0.15, 0.2) is 78.0 Å². The molecule has 10 heteroatoms. The van der Waals surface area contributed by atoms with Crippen LogP contribution >= 0.6 is 0 Å². The van der Waals surface area contributed by atoms with Gasteiger partial charge in [-0.1, -0.05) is 17.9 Å². The number of pyridine rings is 1. The van der Waals surface area contributed by atoms with E-state index >= 15 is 0 Å². The van der Waals surface area contributed by atoms with Crippen molar-refractivity contribution in [2.24, 2.45) is 7.05 Å². The molecule has 0 spiro atoms. The molecule has 9 nitrogen and oxygen atoms in total. The molecule has 4 aromatic rings. The summed E-state index contributed by atoms with van der Waals surface area (Å²) in [7, 11) is -1.38. The minimum Gasteiger partial charge on any atom is -0.399 e. The first kappa shape index (κ1) is 25.2. The van der Waals surface area contributed by atoms with Crippen LogP contribution in [0.4, 0.5) is 11.4 Å². The van der Waals surface area contributed by atoms with E-state index in [1.807, 2.05) is 6.92 Å². The van der Waals surface area contributed by atoms with Gasteiger partial charge in [0, 0.05) is 46.8 Å². The summed E-state index contributed by atoms with van der Waals surface area (Å²) in [5.74, 6) is 8.75. The highest BCUT2D eigenvalue weighted by molar-refractivity contribution is 7.99. The summed E-state index contributed by atoms with van der Waals surface area (Å²) in [4.78, 5) is 29.7. The number of rotatable bonds is 5. The summed E-state index contributed by atoms with van der Waals surface area (Å²) in [5, 5.41) is 7.03. The quantitative estimate of drug-likeness (QED) is 0.214. The predicted molar refractivity (Wildman–Crippen MR) is 144 cm³/mol. The van der Waals surface area contributed by atoms with Crippen molar-refractivity contribution in [1.82, 2.24) is 19.5 Å². The van der Waals surface area contributed by atoms with Gasteiger partial charge in [-0.25, -0.2) is 4.21 Å². The molecule has 0 saturated carbocycles. The van der Waals surface area contributed by atoms with E-state index in [9.17, 15) is 13.8 Å². The number of anilines is 2. The highest BCUT2D eigenvalue weighted by atomic mass is 32.2. The summed E-state index contributed by atoms with van der Waals surface area (Å²) >= 11 is 0. The van der Waals surface area contributed by atoms with E-state index in [0.717, 1.165) is 5.69 Å². The minimum atomic E-state index is -3.09. The fourth-order valence-corrected chi connectivity index (χ4v) is 4.54. The number of carbonyl (C=O) groups is 2. The lowest BCUT2D eigenvalue weighted by molar-refractivity contribution is 0.0980. The zero-order chi connectivity index (χ0) is 26.6. The van der Waals surface area contributed by atoms with E-state index in [1.54, 1.807) is 67.7 Å². The minimum absolute atomic E-state index is 0.186. The van der Waals surface area contributed by atoms with Gasteiger partial charge in [-0.2, -0.15) is 5.10 Å². The Labute approximate surface area is 214 Å². The van der Waals surface area contributed by atoms with Gasteiger partial charge in [-0.3, -0.25) is 24.0 Å². The van der Waals surface area contributed by atoms with Crippen molar-refractivity contribution < 1.29 is 13.8 Å². The summed E-state index contributed by atoms with van der Waals surface area (Å²) in [6.45, 7) is 1.82. The number of hydrogen-bond donors (Lipinski definition) is 3. The number of nitrogens with two attached hydrogens (primary N) is 1. The maximum atomic E-state index is 12.9. The second-order valence-electron chi connectivity index (χ2n) is 8.22. The van der Waals surface area contributed by atoms with Crippen LogP contribution in [0.3, 0.4) is 0 Å². The largest absolute Gasteiger partial charge is 0.399 e. The lowest BCUT2D eigenvalue weighted by Crippen LogP contribution is -2.30. The van der Waals surface area contributed by atoms with Crippen molar-refractivity contribution in [1.29, 1.82) is 0 Å². The third-order valence-electron chi connectivity index (χ3n) is 5.23. The van der Waals surface area contributed by atoms with Gasteiger partial charge in [0.1, 0.15) is 5.69 Å². The molecule has 0 bridgehead atoms. The Morgan fingerprint density at radius 2 is 1.73 bits per heavy atom. The molecule has 2 aromatic heterocycles. The summed E-state index contributed by atoms with van der Waals surface area (Å²) < 4.78 is 16.9. The van der Waals surface area contributed by atoms with Crippen molar-refractivity contribution in [3.05, 3.63) is 101 Å². The topological polar surface area (TPSA) is 132 Å². The number of nitrogen functional groups attached to an aromatic ring is 1. The molecule has 4 N–H and O–H groups in total. The molecule has 2 aromatic carbocycles. The van der Waals surface area contributed by atoms with Crippen LogP contribution in [-0.4, -0.2) is 36.7 Å². The SMILES string of the molecule is C=S(=O)(NC(=O)c1cncc(C#Cc2cccc(NC(=O)c3cc(C)nn3C)c2)c1)c1ccc(N)cc1. The summed E-state index contributed by atoms with van der Waals surface area (Å²) in [6.07, 6.45) is 2.87. The van der Waals surface area contributed by atoms with Crippen LogP contribution in [0.25, 0.3) is 0 Å². The number of carbonyl (C=O) groups excluding carboxylic acids is 2. The maximum Gasteiger partial charge on any atom is 0.273 e. The normalized spacial score (nSPS) is 12.1. The Balaban J connectivity index is 1.48. The van der Waals surface area contributed by atoms with E-state index in [0.29, 0.717) is 33.1 Å². The number of nitrogens with one attached hydrogen (secondary N) is 2. The molecule has 0 fully saturated rings. The van der Waals surface area contributed by atoms with E-state index < -0.39 is 15.6 Å². The molecular formula is C27H24N6O3S. The molecule has 0 aliphatic rings. The molecule has 2 heterocycles. The predicted octanol–water partition coefficient (Wildman–Crippen LogP) is 2.78. The maximum absolute atomic E-state index is 12.9. The van der Waals surface area contributed by atoms with Crippen LogP contribution in [-0.2, 0) is 16.8 Å². The van der Waals surface area contributed by atoms with Gasteiger partial charge in [0.2, 0.25) is 0 Å². The number of amides is 2. The molecule has 4 rings (SSSR count). The Morgan fingerprint density at radius 3 is 2.43 bits per heavy atom. The Hall–Kier alpha value is -4.88. The van der Waals surface area contributed by atoms with Crippen LogP contribution < -0.4 is 15.8 Å². The van der Waals surface area contributed by atoms with Crippen LogP contribution in [0.1, 0.15) is 37.7 Å². The third-order valence-corrected chi connectivity index (χ3v) is 6.77.